The van der Waals surface area contributed by atoms with Gasteiger partial charge in [0, 0.05) is 29.5 Å². The van der Waals surface area contributed by atoms with Crippen LogP contribution in [0.4, 0.5) is 5.69 Å². The summed E-state index contributed by atoms with van der Waals surface area (Å²) in [6, 6.07) is 4.07. The van der Waals surface area contributed by atoms with E-state index in [1.807, 2.05) is 0 Å². The van der Waals surface area contributed by atoms with E-state index in [0.29, 0.717) is 12.8 Å². The van der Waals surface area contributed by atoms with Gasteiger partial charge in [-0.3, -0.25) is 19.7 Å². The molecule has 1 fully saturated rings. The Balaban J connectivity index is 2.45. The van der Waals surface area contributed by atoms with Gasteiger partial charge in [-0.15, -0.1) is 0 Å². The molecule has 21 heavy (non-hydrogen) atoms. The van der Waals surface area contributed by atoms with E-state index in [2.05, 4.69) is 0 Å². The standard InChI is InChI=1S/C14H14ClNO5/c15-10-5-4-9(11(7-10)16(20)21)8-14(13(18)19)6-2-1-3-12(14)17/h4-5,7H,1-3,6,8H2,(H,18,19). The molecule has 7 heteroatoms. The van der Waals surface area contributed by atoms with Crippen LogP contribution in [0.15, 0.2) is 18.2 Å². The minimum Gasteiger partial charge on any atom is -0.480 e. The van der Waals surface area contributed by atoms with Crippen molar-refractivity contribution in [2.24, 2.45) is 5.41 Å². The molecule has 0 bridgehead atoms. The van der Waals surface area contributed by atoms with E-state index in [0.717, 1.165) is 0 Å². The van der Waals surface area contributed by atoms with Crippen molar-refractivity contribution in [3.05, 3.63) is 38.9 Å². The number of benzene rings is 1. The third-order valence-corrected chi connectivity index (χ3v) is 4.17. The fraction of sp³-hybridized carbons (Fsp3) is 0.429. The van der Waals surface area contributed by atoms with Crippen molar-refractivity contribution >= 4 is 29.0 Å². The van der Waals surface area contributed by atoms with Crippen LogP contribution in [-0.2, 0) is 16.0 Å². The van der Waals surface area contributed by atoms with E-state index in [9.17, 15) is 24.8 Å². The summed E-state index contributed by atoms with van der Waals surface area (Å²) in [5, 5.41) is 20.8. The molecule has 1 aromatic carbocycles. The van der Waals surface area contributed by atoms with E-state index in [1.165, 1.54) is 18.2 Å². The summed E-state index contributed by atoms with van der Waals surface area (Å²) in [4.78, 5) is 34.2. The number of carboxylic acid groups (broad SMARTS) is 1. The zero-order valence-corrected chi connectivity index (χ0v) is 11.9. The molecule has 1 aliphatic carbocycles. The van der Waals surface area contributed by atoms with E-state index in [1.54, 1.807) is 0 Å². The number of ketones is 1. The molecule has 0 aliphatic heterocycles. The average Bonchev–Trinajstić information content (AvgIpc) is 2.42. The third kappa shape index (κ3) is 2.90. The fourth-order valence-electron chi connectivity index (χ4n) is 2.76. The van der Waals surface area contributed by atoms with Gasteiger partial charge in [0.25, 0.3) is 5.69 Å². The number of nitro benzene ring substituents is 1. The van der Waals surface area contributed by atoms with Crippen molar-refractivity contribution in [1.82, 2.24) is 0 Å². The van der Waals surface area contributed by atoms with Gasteiger partial charge in [0.2, 0.25) is 0 Å². The van der Waals surface area contributed by atoms with Crippen molar-refractivity contribution in [3.8, 4) is 0 Å². The minimum atomic E-state index is -1.56. The van der Waals surface area contributed by atoms with Gasteiger partial charge in [-0.05, 0) is 18.9 Å². The number of carbonyl (C=O) groups excluding carboxylic acids is 1. The topological polar surface area (TPSA) is 97.5 Å². The molecule has 0 radical (unpaired) electrons. The highest BCUT2D eigenvalue weighted by Crippen LogP contribution is 2.39. The number of carboxylic acids is 1. The van der Waals surface area contributed by atoms with Gasteiger partial charge < -0.3 is 5.11 Å². The highest BCUT2D eigenvalue weighted by molar-refractivity contribution is 6.30. The molecule has 1 unspecified atom stereocenters. The maximum absolute atomic E-state index is 12.1. The molecule has 6 nitrogen and oxygen atoms in total. The summed E-state index contributed by atoms with van der Waals surface area (Å²) in [6.45, 7) is 0. The Morgan fingerprint density at radius 2 is 2.14 bits per heavy atom. The van der Waals surface area contributed by atoms with Crippen LogP contribution in [0.25, 0.3) is 0 Å². The Bertz CT molecular complexity index is 615. The first-order valence-corrected chi connectivity index (χ1v) is 6.94. The first-order chi connectivity index (χ1) is 9.86. The van der Waals surface area contributed by atoms with Crippen LogP contribution in [0.2, 0.25) is 5.02 Å². The molecule has 1 atom stereocenters. The van der Waals surface area contributed by atoms with Gasteiger partial charge in [-0.25, -0.2) is 0 Å². The van der Waals surface area contributed by atoms with Crippen molar-refractivity contribution in [1.29, 1.82) is 0 Å². The highest BCUT2D eigenvalue weighted by Gasteiger charge is 2.47. The van der Waals surface area contributed by atoms with E-state index in [-0.39, 0.29) is 41.3 Å². The summed E-state index contributed by atoms with van der Waals surface area (Å²) < 4.78 is 0. The summed E-state index contributed by atoms with van der Waals surface area (Å²) >= 11 is 5.74. The summed E-state index contributed by atoms with van der Waals surface area (Å²) in [5.41, 5.74) is -1.58. The minimum absolute atomic E-state index is 0.172. The SMILES string of the molecule is O=C(O)C1(Cc2ccc(Cl)cc2[N+](=O)[O-])CCCCC1=O. The zero-order valence-electron chi connectivity index (χ0n) is 11.2. The molecule has 1 aliphatic rings. The lowest BCUT2D eigenvalue weighted by Crippen LogP contribution is -2.43. The molecular formula is C14H14ClNO5. The van der Waals surface area contributed by atoms with Crippen molar-refractivity contribution < 1.29 is 19.6 Å². The summed E-state index contributed by atoms with van der Waals surface area (Å²) in [6.07, 6.45) is 1.53. The van der Waals surface area contributed by atoms with E-state index < -0.39 is 16.3 Å². The lowest BCUT2D eigenvalue weighted by Gasteiger charge is -2.31. The molecule has 2 rings (SSSR count). The normalized spacial score (nSPS) is 22.0. The Labute approximate surface area is 125 Å². The fourth-order valence-corrected chi connectivity index (χ4v) is 2.93. The molecule has 0 saturated heterocycles. The first-order valence-electron chi connectivity index (χ1n) is 6.56. The molecule has 1 saturated carbocycles. The van der Waals surface area contributed by atoms with Crippen LogP contribution in [0.5, 0.6) is 0 Å². The van der Waals surface area contributed by atoms with Gasteiger partial charge in [0.1, 0.15) is 5.41 Å². The number of rotatable bonds is 4. The molecule has 0 aromatic heterocycles. The van der Waals surface area contributed by atoms with Gasteiger partial charge >= 0.3 is 5.97 Å². The van der Waals surface area contributed by atoms with E-state index in [4.69, 9.17) is 11.6 Å². The number of aliphatic carboxylic acids is 1. The Hall–Kier alpha value is -1.95. The number of carbonyl (C=O) groups is 2. The number of nitrogens with zero attached hydrogens (tertiary/aromatic N) is 1. The largest absolute Gasteiger partial charge is 0.480 e. The number of halogens is 1. The van der Waals surface area contributed by atoms with Gasteiger partial charge in [-0.1, -0.05) is 24.1 Å². The van der Waals surface area contributed by atoms with Crippen LogP contribution in [0.3, 0.4) is 0 Å². The van der Waals surface area contributed by atoms with Crippen LogP contribution >= 0.6 is 11.6 Å². The predicted molar refractivity (Wildman–Crippen MR) is 75.4 cm³/mol. The lowest BCUT2D eigenvalue weighted by atomic mass is 9.69. The van der Waals surface area contributed by atoms with Crippen LogP contribution < -0.4 is 0 Å². The molecule has 1 N–H and O–H groups in total. The van der Waals surface area contributed by atoms with Gasteiger partial charge in [-0.2, -0.15) is 0 Å². The van der Waals surface area contributed by atoms with E-state index >= 15 is 0 Å². The van der Waals surface area contributed by atoms with Crippen molar-refractivity contribution in [2.45, 2.75) is 32.1 Å². The van der Waals surface area contributed by atoms with Gasteiger partial charge in [0.15, 0.2) is 5.78 Å². The van der Waals surface area contributed by atoms with Gasteiger partial charge in [0.05, 0.1) is 4.92 Å². The lowest BCUT2D eigenvalue weighted by molar-refractivity contribution is -0.385. The van der Waals surface area contributed by atoms with Crippen molar-refractivity contribution in [2.75, 3.05) is 0 Å². The Morgan fingerprint density at radius 3 is 2.71 bits per heavy atom. The maximum Gasteiger partial charge on any atom is 0.317 e. The molecule has 0 amide bonds. The molecule has 112 valence electrons. The molecule has 0 spiro atoms. The Morgan fingerprint density at radius 1 is 1.43 bits per heavy atom. The zero-order chi connectivity index (χ0) is 15.6. The number of Topliss-reactive ketones (excluding diaryl/α,β-unsaturated/α-hetero) is 1. The van der Waals surface area contributed by atoms with Crippen molar-refractivity contribution in [3.63, 3.8) is 0 Å². The smallest absolute Gasteiger partial charge is 0.317 e. The second kappa shape index (κ2) is 5.81. The Kier molecular flexibility index (Phi) is 4.27. The monoisotopic (exact) mass is 311 g/mol. The predicted octanol–water partition coefficient (Wildman–Crippen LogP) is 3.00. The number of hydrogen-bond donors (Lipinski definition) is 1. The quantitative estimate of drug-likeness (QED) is 0.523. The second-order valence-corrected chi connectivity index (χ2v) is 5.66. The number of hydrogen-bond acceptors (Lipinski definition) is 4. The highest BCUT2D eigenvalue weighted by atomic mass is 35.5. The second-order valence-electron chi connectivity index (χ2n) is 5.22. The molecular weight excluding hydrogens is 298 g/mol. The maximum atomic E-state index is 12.1. The summed E-state index contributed by atoms with van der Waals surface area (Å²) in [7, 11) is 0. The number of nitro groups is 1. The van der Waals surface area contributed by atoms with Crippen LogP contribution in [0, 0.1) is 15.5 Å². The molecule has 1 aromatic rings. The van der Waals surface area contributed by atoms with Crippen LogP contribution in [0.1, 0.15) is 31.2 Å². The first kappa shape index (κ1) is 15.4. The van der Waals surface area contributed by atoms with Crippen LogP contribution in [-0.4, -0.2) is 21.8 Å². The average molecular weight is 312 g/mol. The summed E-state index contributed by atoms with van der Waals surface area (Å²) in [5.74, 6) is -1.57. The molecule has 0 heterocycles. The third-order valence-electron chi connectivity index (χ3n) is 3.94.